The van der Waals surface area contributed by atoms with E-state index in [4.69, 9.17) is 0 Å². The Labute approximate surface area is 141 Å². The topological polar surface area (TPSA) is 44.1 Å². The number of hydrogen-bond donors (Lipinski definition) is 0. The maximum Gasteiger partial charge on any atom is 0.255 e. The van der Waals surface area contributed by atoms with Crippen LogP contribution in [0.1, 0.15) is 47.3 Å². The lowest BCUT2D eigenvalue weighted by Gasteiger charge is -2.45. The molecule has 23 heavy (non-hydrogen) atoms. The summed E-state index contributed by atoms with van der Waals surface area (Å²) in [4.78, 5) is 16.0. The van der Waals surface area contributed by atoms with Crippen LogP contribution in [0.4, 0.5) is 0 Å². The zero-order chi connectivity index (χ0) is 16.3. The van der Waals surface area contributed by atoms with Crippen LogP contribution in [0.3, 0.4) is 0 Å². The van der Waals surface area contributed by atoms with Gasteiger partial charge < -0.3 is 4.90 Å². The van der Waals surface area contributed by atoms with Gasteiger partial charge in [0.25, 0.3) is 5.91 Å². The maximum absolute atomic E-state index is 13.0. The average Bonchev–Trinajstić information content (AvgIpc) is 3.15. The number of nitrogens with zero attached hydrogens (tertiary/aromatic N) is 2. The van der Waals surface area contributed by atoms with Crippen molar-refractivity contribution in [3.63, 3.8) is 0 Å². The number of carbonyl (C=O) groups excluding carboxylic acids is 1. The fourth-order valence-corrected chi connectivity index (χ4v) is 4.33. The highest BCUT2D eigenvalue weighted by molar-refractivity contribution is 7.10. The van der Waals surface area contributed by atoms with Crippen LogP contribution < -0.4 is 0 Å². The molecule has 3 nitrogen and oxygen atoms in total. The van der Waals surface area contributed by atoms with Crippen LogP contribution >= 0.6 is 11.3 Å². The predicted molar refractivity (Wildman–Crippen MR) is 92.4 cm³/mol. The molecular weight excluding hydrogens is 304 g/mol. The average molecular weight is 324 g/mol. The summed E-state index contributed by atoms with van der Waals surface area (Å²) < 4.78 is 0. The lowest BCUT2D eigenvalue weighted by Crippen LogP contribution is -2.56. The molecule has 3 rings (SSSR count). The van der Waals surface area contributed by atoms with Crippen LogP contribution in [0.15, 0.2) is 47.8 Å². The number of carbonyl (C=O) groups is 1. The van der Waals surface area contributed by atoms with Crippen molar-refractivity contribution < 1.29 is 4.79 Å². The highest BCUT2D eigenvalue weighted by Crippen LogP contribution is 2.42. The molecule has 0 bridgehead atoms. The fraction of sp³-hybridized carbons (Fsp3) is 0.368. The van der Waals surface area contributed by atoms with Gasteiger partial charge in [-0.2, -0.15) is 5.26 Å². The summed E-state index contributed by atoms with van der Waals surface area (Å²) in [5, 5.41) is 12.1. The second-order valence-corrected chi connectivity index (χ2v) is 7.03. The normalized spacial score (nSPS) is 22.3. The number of thiophene rings is 1. The molecule has 1 saturated heterocycles. The van der Waals surface area contributed by atoms with Crippen molar-refractivity contribution in [3.05, 3.63) is 58.3 Å². The number of benzene rings is 1. The molecule has 1 aliphatic heterocycles. The SMILES string of the molecule is CC(c1cccs1)C1(C#N)CCCCN1C(=O)c1ccccc1. The molecule has 1 aromatic heterocycles. The smallest absolute Gasteiger partial charge is 0.255 e. The zero-order valence-corrected chi connectivity index (χ0v) is 14.1. The highest BCUT2D eigenvalue weighted by Gasteiger charge is 2.47. The molecule has 4 heteroatoms. The first-order valence-electron chi connectivity index (χ1n) is 8.01. The Morgan fingerprint density at radius 1 is 1.26 bits per heavy atom. The minimum Gasteiger partial charge on any atom is -0.319 e. The van der Waals surface area contributed by atoms with Gasteiger partial charge in [-0.25, -0.2) is 0 Å². The largest absolute Gasteiger partial charge is 0.319 e. The minimum atomic E-state index is -0.754. The Morgan fingerprint density at radius 3 is 2.70 bits per heavy atom. The zero-order valence-electron chi connectivity index (χ0n) is 13.2. The number of piperidine rings is 1. The van der Waals surface area contributed by atoms with Gasteiger partial charge in [-0.05, 0) is 42.8 Å². The lowest BCUT2D eigenvalue weighted by atomic mass is 9.76. The van der Waals surface area contributed by atoms with E-state index in [9.17, 15) is 10.1 Å². The van der Waals surface area contributed by atoms with Crippen molar-refractivity contribution in [3.8, 4) is 6.07 Å². The third-order valence-corrected chi connectivity index (χ3v) is 5.87. The maximum atomic E-state index is 13.0. The van der Waals surface area contributed by atoms with E-state index in [-0.39, 0.29) is 11.8 Å². The molecule has 1 amide bonds. The number of nitriles is 1. The van der Waals surface area contributed by atoms with Gasteiger partial charge in [-0.15, -0.1) is 11.3 Å². The second kappa shape index (κ2) is 6.55. The van der Waals surface area contributed by atoms with Crippen LogP contribution in [-0.2, 0) is 0 Å². The molecule has 1 aromatic carbocycles. The summed E-state index contributed by atoms with van der Waals surface area (Å²) in [6.07, 6.45) is 2.68. The van der Waals surface area contributed by atoms with Crippen molar-refractivity contribution in [2.75, 3.05) is 6.54 Å². The van der Waals surface area contributed by atoms with Crippen LogP contribution in [0, 0.1) is 11.3 Å². The first-order chi connectivity index (χ1) is 11.2. The molecule has 0 N–H and O–H groups in total. The van der Waals surface area contributed by atoms with Crippen molar-refractivity contribution in [2.45, 2.75) is 37.6 Å². The molecule has 2 unspecified atom stereocenters. The van der Waals surface area contributed by atoms with Gasteiger partial charge in [0.05, 0.1) is 6.07 Å². The summed E-state index contributed by atoms with van der Waals surface area (Å²) >= 11 is 1.66. The third kappa shape index (κ3) is 2.77. The summed E-state index contributed by atoms with van der Waals surface area (Å²) in [6, 6.07) is 15.9. The quantitative estimate of drug-likeness (QED) is 0.837. The van der Waals surface area contributed by atoms with Gasteiger partial charge in [-0.1, -0.05) is 31.2 Å². The van der Waals surface area contributed by atoms with E-state index >= 15 is 0 Å². The minimum absolute atomic E-state index is 0.0143. The summed E-state index contributed by atoms with van der Waals surface area (Å²) in [5.41, 5.74) is -0.0943. The van der Waals surface area contributed by atoms with E-state index in [0.29, 0.717) is 12.1 Å². The molecule has 118 valence electrons. The van der Waals surface area contributed by atoms with Crippen molar-refractivity contribution >= 4 is 17.2 Å². The third-order valence-electron chi connectivity index (χ3n) is 4.82. The van der Waals surface area contributed by atoms with E-state index < -0.39 is 5.54 Å². The van der Waals surface area contributed by atoms with Crippen LogP contribution in [-0.4, -0.2) is 22.9 Å². The van der Waals surface area contributed by atoms with Gasteiger partial charge in [0.15, 0.2) is 0 Å². The van der Waals surface area contributed by atoms with Crippen molar-refractivity contribution in [1.29, 1.82) is 5.26 Å². The molecule has 0 saturated carbocycles. The Bertz CT molecular complexity index is 705. The van der Waals surface area contributed by atoms with E-state index in [1.54, 1.807) is 11.3 Å². The van der Waals surface area contributed by atoms with Crippen LogP contribution in [0.5, 0.6) is 0 Å². The first-order valence-corrected chi connectivity index (χ1v) is 8.88. The number of likely N-dealkylation sites (tertiary alicyclic amines) is 1. The number of amides is 1. The van der Waals surface area contributed by atoms with Gasteiger partial charge >= 0.3 is 0 Å². The van der Waals surface area contributed by atoms with Gasteiger partial charge in [0.1, 0.15) is 5.54 Å². The Kier molecular flexibility index (Phi) is 4.49. The molecular formula is C19H20N2OS. The molecule has 2 atom stereocenters. The number of hydrogen-bond acceptors (Lipinski definition) is 3. The van der Waals surface area contributed by atoms with Gasteiger partial charge in [0.2, 0.25) is 0 Å². The van der Waals surface area contributed by atoms with Crippen molar-refractivity contribution in [1.82, 2.24) is 4.90 Å². The molecule has 0 spiro atoms. The molecule has 1 aliphatic rings. The molecule has 2 aromatic rings. The lowest BCUT2D eigenvalue weighted by molar-refractivity contribution is 0.0422. The highest BCUT2D eigenvalue weighted by atomic mass is 32.1. The van der Waals surface area contributed by atoms with E-state index in [1.165, 1.54) is 4.88 Å². The van der Waals surface area contributed by atoms with Gasteiger partial charge in [0, 0.05) is 22.9 Å². The number of rotatable bonds is 3. The van der Waals surface area contributed by atoms with Gasteiger partial charge in [-0.3, -0.25) is 4.79 Å². The monoisotopic (exact) mass is 324 g/mol. The Hall–Kier alpha value is -2.12. The summed E-state index contributed by atoms with van der Waals surface area (Å²) in [5.74, 6) is -0.0179. The molecule has 2 heterocycles. The first kappa shape index (κ1) is 15.8. The molecule has 0 radical (unpaired) electrons. The standard InChI is InChI=1S/C19H20N2OS/c1-15(17-10-7-13-23-17)19(14-20)11-5-6-12-21(19)18(22)16-8-3-2-4-9-16/h2-4,7-10,13,15H,5-6,11-12H2,1H3. The van der Waals surface area contributed by atoms with Crippen LogP contribution in [0.25, 0.3) is 0 Å². The Balaban J connectivity index is 1.99. The van der Waals surface area contributed by atoms with Crippen molar-refractivity contribution in [2.24, 2.45) is 0 Å². The molecule has 1 fully saturated rings. The summed E-state index contributed by atoms with van der Waals surface area (Å²) in [6.45, 7) is 2.72. The molecule has 0 aliphatic carbocycles. The second-order valence-electron chi connectivity index (χ2n) is 6.05. The Morgan fingerprint density at radius 2 is 2.04 bits per heavy atom. The van der Waals surface area contributed by atoms with E-state index in [0.717, 1.165) is 19.3 Å². The van der Waals surface area contributed by atoms with E-state index in [1.807, 2.05) is 46.7 Å². The van der Waals surface area contributed by atoms with Crippen LogP contribution in [0.2, 0.25) is 0 Å². The predicted octanol–water partition coefficient (Wildman–Crippen LogP) is 4.44. The summed E-state index contributed by atoms with van der Waals surface area (Å²) in [7, 11) is 0. The van der Waals surface area contributed by atoms with E-state index in [2.05, 4.69) is 19.1 Å². The fourth-order valence-electron chi connectivity index (χ4n) is 3.45.